The molecule has 0 fully saturated rings. The summed E-state index contributed by atoms with van der Waals surface area (Å²) in [5.74, 6) is -0.120. The second-order valence-corrected chi connectivity index (χ2v) is 5.05. The molecule has 0 aliphatic carbocycles. The second kappa shape index (κ2) is 8.14. The second-order valence-electron chi connectivity index (χ2n) is 5.05. The van der Waals surface area contributed by atoms with Gasteiger partial charge in [-0.2, -0.15) is 0 Å². The van der Waals surface area contributed by atoms with Crippen LogP contribution in [0.2, 0.25) is 0 Å². The predicted molar refractivity (Wildman–Crippen MR) is 77.5 cm³/mol. The quantitative estimate of drug-likeness (QED) is 0.762. The average Bonchev–Trinajstić information content (AvgIpc) is 2.44. The third-order valence-corrected chi connectivity index (χ3v) is 2.77. The molecule has 0 saturated carbocycles. The lowest BCUT2D eigenvalue weighted by atomic mass is 10.0. The molecule has 0 saturated heterocycles. The van der Waals surface area contributed by atoms with Gasteiger partial charge in [-0.25, -0.2) is 4.79 Å². The number of methoxy groups -OCH3 is 1. The molecule has 0 unspecified atom stereocenters. The lowest BCUT2D eigenvalue weighted by Crippen LogP contribution is -2.43. The summed E-state index contributed by atoms with van der Waals surface area (Å²) in [6.45, 7) is 3.57. The first kappa shape index (κ1) is 16.8. The molecule has 1 aromatic rings. The first-order chi connectivity index (χ1) is 9.92. The molecule has 0 bridgehead atoms. The SMILES string of the molecule is COc1ccc(OCC(=O)N[C@H](CC(C)C)C(=O)O)cc1. The minimum atomic E-state index is -1.04. The van der Waals surface area contributed by atoms with Crippen LogP contribution in [0, 0.1) is 5.92 Å². The van der Waals surface area contributed by atoms with Gasteiger partial charge < -0.3 is 19.9 Å². The smallest absolute Gasteiger partial charge is 0.326 e. The maximum absolute atomic E-state index is 11.7. The molecule has 0 aliphatic rings. The van der Waals surface area contributed by atoms with Gasteiger partial charge in [0.15, 0.2) is 6.61 Å². The average molecular weight is 295 g/mol. The van der Waals surface area contributed by atoms with E-state index in [0.29, 0.717) is 17.9 Å². The number of aliphatic carboxylic acids is 1. The van der Waals surface area contributed by atoms with Crippen molar-refractivity contribution < 1.29 is 24.2 Å². The molecule has 2 N–H and O–H groups in total. The van der Waals surface area contributed by atoms with Gasteiger partial charge in [0.05, 0.1) is 7.11 Å². The molecule has 0 heterocycles. The van der Waals surface area contributed by atoms with Crippen molar-refractivity contribution in [3.63, 3.8) is 0 Å². The van der Waals surface area contributed by atoms with E-state index < -0.39 is 17.9 Å². The lowest BCUT2D eigenvalue weighted by Gasteiger charge is -2.16. The molecule has 0 aliphatic heterocycles. The van der Waals surface area contributed by atoms with Crippen molar-refractivity contribution >= 4 is 11.9 Å². The fraction of sp³-hybridized carbons (Fsp3) is 0.467. The van der Waals surface area contributed by atoms with Crippen molar-refractivity contribution in [1.29, 1.82) is 0 Å². The van der Waals surface area contributed by atoms with E-state index in [0.717, 1.165) is 0 Å². The number of carbonyl (C=O) groups is 2. The van der Waals surface area contributed by atoms with Gasteiger partial charge in [-0.1, -0.05) is 13.8 Å². The molecule has 0 radical (unpaired) electrons. The van der Waals surface area contributed by atoms with Gasteiger partial charge in [0.1, 0.15) is 17.5 Å². The molecular formula is C15H21NO5. The monoisotopic (exact) mass is 295 g/mol. The number of amides is 1. The van der Waals surface area contributed by atoms with Crippen LogP contribution in [-0.4, -0.2) is 36.7 Å². The molecule has 0 aromatic heterocycles. The summed E-state index contributed by atoms with van der Waals surface area (Å²) >= 11 is 0. The Morgan fingerprint density at radius 3 is 2.24 bits per heavy atom. The molecule has 6 nitrogen and oxygen atoms in total. The number of benzene rings is 1. The highest BCUT2D eigenvalue weighted by Crippen LogP contribution is 2.16. The summed E-state index contributed by atoms with van der Waals surface area (Å²) in [7, 11) is 1.56. The minimum Gasteiger partial charge on any atom is -0.497 e. The Hall–Kier alpha value is -2.24. The third-order valence-electron chi connectivity index (χ3n) is 2.77. The van der Waals surface area contributed by atoms with Crippen molar-refractivity contribution in [2.45, 2.75) is 26.3 Å². The van der Waals surface area contributed by atoms with Crippen LogP contribution in [0.1, 0.15) is 20.3 Å². The van der Waals surface area contributed by atoms with E-state index in [-0.39, 0.29) is 12.5 Å². The molecule has 6 heteroatoms. The highest BCUT2D eigenvalue weighted by molar-refractivity contribution is 5.84. The summed E-state index contributed by atoms with van der Waals surface area (Å²) in [6, 6.07) is 5.89. The minimum absolute atomic E-state index is 0.175. The fourth-order valence-electron chi connectivity index (χ4n) is 1.75. The van der Waals surface area contributed by atoms with Crippen molar-refractivity contribution in [2.75, 3.05) is 13.7 Å². The van der Waals surface area contributed by atoms with Gasteiger partial charge in [-0.3, -0.25) is 4.79 Å². The fourth-order valence-corrected chi connectivity index (χ4v) is 1.75. The largest absolute Gasteiger partial charge is 0.497 e. The molecule has 21 heavy (non-hydrogen) atoms. The Labute approximate surface area is 124 Å². The number of carboxylic acid groups (broad SMARTS) is 1. The van der Waals surface area contributed by atoms with Crippen molar-refractivity contribution in [1.82, 2.24) is 5.32 Å². The normalized spacial score (nSPS) is 11.8. The molecule has 1 rings (SSSR count). The Balaban J connectivity index is 2.46. The van der Waals surface area contributed by atoms with Gasteiger partial charge in [0.25, 0.3) is 5.91 Å². The van der Waals surface area contributed by atoms with Crippen LogP contribution < -0.4 is 14.8 Å². The molecular weight excluding hydrogens is 274 g/mol. The Morgan fingerprint density at radius 2 is 1.76 bits per heavy atom. The summed E-state index contributed by atoms with van der Waals surface area (Å²) in [5.41, 5.74) is 0. The van der Waals surface area contributed by atoms with Crippen LogP contribution in [0.3, 0.4) is 0 Å². The Kier molecular flexibility index (Phi) is 6.52. The Bertz CT molecular complexity index is 469. The predicted octanol–water partition coefficient (Wildman–Crippen LogP) is 1.69. The van der Waals surface area contributed by atoms with E-state index in [1.165, 1.54) is 0 Å². The molecule has 1 aromatic carbocycles. The summed E-state index contributed by atoms with van der Waals surface area (Å²) < 4.78 is 10.3. The summed E-state index contributed by atoms with van der Waals surface area (Å²) in [5, 5.41) is 11.5. The van der Waals surface area contributed by atoms with E-state index in [2.05, 4.69) is 5.32 Å². The topological polar surface area (TPSA) is 84.9 Å². The first-order valence-corrected chi connectivity index (χ1v) is 6.71. The van der Waals surface area contributed by atoms with Gasteiger partial charge >= 0.3 is 5.97 Å². The van der Waals surface area contributed by atoms with Crippen LogP contribution in [0.15, 0.2) is 24.3 Å². The summed E-state index contributed by atoms with van der Waals surface area (Å²) in [6.07, 6.45) is 0.379. The van der Waals surface area contributed by atoms with Crippen molar-refractivity contribution in [2.24, 2.45) is 5.92 Å². The van der Waals surface area contributed by atoms with E-state index >= 15 is 0 Å². The summed E-state index contributed by atoms with van der Waals surface area (Å²) in [4.78, 5) is 22.8. The van der Waals surface area contributed by atoms with E-state index in [1.54, 1.807) is 31.4 Å². The van der Waals surface area contributed by atoms with Crippen LogP contribution in [0.5, 0.6) is 11.5 Å². The van der Waals surface area contributed by atoms with Crippen LogP contribution >= 0.6 is 0 Å². The van der Waals surface area contributed by atoms with Gasteiger partial charge in [0.2, 0.25) is 0 Å². The standard InChI is InChI=1S/C15H21NO5/c1-10(2)8-13(15(18)19)16-14(17)9-21-12-6-4-11(20-3)5-7-12/h4-7,10,13H,8-9H2,1-3H3,(H,16,17)(H,18,19)/t13-/m1/s1. The Morgan fingerprint density at radius 1 is 1.19 bits per heavy atom. The number of ether oxygens (including phenoxy) is 2. The number of nitrogens with one attached hydrogen (secondary N) is 1. The van der Waals surface area contributed by atoms with Gasteiger partial charge in [-0.05, 0) is 36.6 Å². The van der Waals surface area contributed by atoms with Crippen molar-refractivity contribution in [3.05, 3.63) is 24.3 Å². The van der Waals surface area contributed by atoms with E-state index in [4.69, 9.17) is 14.6 Å². The number of carbonyl (C=O) groups excluding carboxylic acids is 1. The first-order valence-electron chi connectivity index (χ1n) is 6.71. The molecule has 0 spiro atoms. The lowest BCUT2D eigenvalue weighted by molar-refractivity contribution is -0.142. The number of rotatable bonds is 8. The van der Waals surface area contributed by atoms with Gasteiger partial charge in [0, 0.05) is 0 Å². The number of hydrogen-bond acceptors (Lipinski definition) is 4. The van der Waals surface area contributed by atoms with Crippen LogP contribution in [0.25, 0.3) is 0 Å². The zero-order chi connectivity index (χ0) is 15.8. The maximum atomic E-state index is 11.7. The molecule has 1 atom stereocenters. The maximum Gasteiger partial charge on any atom is 0.326 e. The van der Waals surface area contributed by atoms with Crippen molar-refractivity contribution in [3.8, 4) is 11.5 Å². The zero-order valence-corrected chi connectivity index (χ0v) is 12.5. The van der Waals surface area contributed by atoms with Gasteiger partial charge in [-0.15, -0.1) is 0 Å². The third kappa shape index (κ3) is 6.16. The highest BCUT2D eigenvalue weighted by atomic mass is 16.5. The highest BCUT2D eigenvalue weighted by Gasteiger charge is 2.21. The number of hydrogen-bond donors (Lipinski definition) is 2. The van der Waals surface area contributed by atoms with Crippen LogP contribution in [0.4, 0.5) is 0 Å². The number of carboxylic acids is 1. The molecule has 116 valence electrons. The van der Waals surface area contributed by atoms with E-state index in [1.807, 2.05) is 13.8 Å². The van der Waals surface area contributed by atoms with E-state index in [9.17, 15) is 9.59 Å². The van der Waals surface area contributed by atoms with Crippen LogP contribution in [-0.2, 0) is 9.59 Å². The molecule has 1 amide bonds. The zero-order valence-electron chi connectivity index (χ0n) is 12.5.